The van der Waals surface area contributed by atoms with Crippen molar-refractivity contribution in [1.82, 2.24) is 0 Å². The van der Waals surface area contributed by atoms with E-state index >= 15 is 0 Å². The second-order valence-electron chi connectivity index (χ2n) is 5.56. The normalized spacial score (nSPS) is 13.4. The van der Waals surface area contributed by atoms with E-state index in [9.17, 15) is 0 Å². The number of hydrogen-bond acceptors (Lipinski definition) is 1. The third-order valence-corrected chi connectivity index (χ3v) is 4.21. The first-order chi connectivity index (χ1) is 9.24. The van der Waals surface area contributed by atoms with Gasteiger partial charge < -0.3 is 5.32 Å². The van der Waals surface area contributed by atoms with Gasteiger partial charge in [0.2, 0.25) is 0 Å². The summed E-state index contributed by atoms with van der Waals surface area (Å²) in [6.45, 7) is 5.29. The maximum Gasteiger partial charge on any atom is 0.0406 e. The summed E-state index contributed by atoms with van der Waals surface area (Å²) in [6, 6.07) is 13.3. The molecular formula is C18H21N. The fourth-order valence-corrected chi connectivity index (χ4v) is 3.00. The average Bonchev–Trinajstić information content (AvgIpc) is 2.85. The van der Waals surface area contributed by atoms with E-state index in [4.69, 9.17) is 0 Å². The number of aryl methyl sites for hydroxylation is 4. The van der Waals surface area contributed by atoms with Crippen LogP contribution in [-0.2, 0) is 19.4 Å². The van der Waals surface area contributed by atoms with Crippen LogP contribution in [0.5, 0.6) is 0 Å². The van der Waals surface area contributed by atoms with Crippen LogP contribution in [0.3, 0.4) is 0 Å². The lowest BCUT2D eigenvalue weighted by atomic mass is 10.0. The van der Waals surface area contributed by atoms with Crippen molar-refractivity contribution in [3.63, 3.8) is 0 Å². The molecule has 0 radical (unpaired) electrons. The van der Waals surface area contributed by atoms with Gasteiger partial charge in [0.15, 0.2) is 0 Å². The first-order valence-corrected chi connectivity index (χ1v) is 7.15. The van der Waals surface area contributed by atoms with Crippen LogP contribution < -0.4 is 5.32 Å². The van der Waals surface area contributed by atoms with Gasteiger partial charge >= 0.3 is 0 Å². The monoisotopic (exact) mass is 251 g/mol. The lowest BCUT2D eigenvalue weighted by Gasteiger charge is -2.13. The van der Waals surface area contributed by atoms with Crippen LogP contribution in [0.1, 0.15) is 34.2 Å². The Kier molecular flexibility index (Phi) is 3.29. The molecule has 3 rings (SSSR count). The highest BCUT2D eigenvalue weighted by atomic mass is 14.9. The van der Waals surface area contributed by atoms with Crippen LogP contribution in [0.25, 0.3) is 0 Å². The molecule has 0 unspecified atom stereocenters. The molecule has 0 saturated heterocycles. The average molecular weight is 251 g/mol. The minimum Gasteiger partial charge on any atom is -0.381 e. The molecule has 0 fully saturated rings. The highest BCUT2D eigenvalue weighted by molar-refractivity contribution is 5.51. The van der Waals surface area contributed by atoms with Gasteiger partial charge in [-0.05, 0) is 73.1 Å². The molecule has 1 N–H and O–H groups in total. The van der Waals surface area contributed by atoms with Gasteiger partial charge in [-0.3, -0.25) is 0 Å². The molecule has 0 saturated carbocycles. The van der Waals surface area contributed by atoms with Gasteiger partial charge in [0, 0.05) is 12.2 Å². The second kappa shape index (κ2) is 5.08. The van der Waals surface area contributed by atoms with Gasteiger partial charge in [0.25, 0.3) is 0 Å². The zero-order valence-electron chi connectivity index (χ0n) is 11.8. The van der Waals surface area contributed by atoms with E-state index in [1.165, 1.54) is 52.8 Å². The number of fused-ring (bicyclic) bond motifs is 1. The Morgan fingerprint density at radius 3 is 2.47 bits per heavy atom. The molecule has 19 heavy (non-hydrogen) atoms. The van der Waals surface area contributed by atoms with E-state index in [0.29, 0.717) is 0 Å². The van der Waals surface area contributed by atoms with Crippen LogP contribution in [0.2, 0.25) is 0 Å². The zero-order chi connectivity index (χ0) is 13.2. The third-order valence-electron chi connectivity index (χ3n) is 4.21. The van der Waals surface area contributed by atoms with E-state index in [1.54, 1.807) is 0 Å². The van der Waals surface area contributed by atoms with Crippen molar-refractivity contribution in [2.75, 3.05) is 5.32 Å². The molecule has 0 atom stereocenters. The maximum atomic E-state index is 3.57. The highest BCUT2D eigenvalue weighted by Gasteiger charge is 2.10. The summed E-state index contributed by atoms with van der Waals surface area (Å²) in [5.74, 6) is 0. The maximum absolute atomic E-state index is 3.57. The van der Waals surface area contributed by atoms with E-state index in [2.05, 4.69) is 55.6 Å². The molecule has 1 nitrogen and oxygen atoms in total. The van der Waals surface area contributed by atoms with Gasteiger partial charge in [0.05, 0.1) is 0 Å². The Morgan fingerprint density at radius 1 is 0.947 bits per heavy atom. The predicted octanol–water partition coefficient (Wildman–Crippen LogP) is 4.40. The first kappa shape index (κ1) is 12.3. The van der Waals surface area contributed by atoms with Crippen LogP contribution in [0, 0.1) is 13.8 Å². The summed E-state index contributed by atoms with van der Waals surface area (Å²) in [6.07, 6.45) is 3.82. The smallest absolute Gasteiger partial charge is 0.0406 e. The summed E-state index contributed by atoms with van der Waals surface area (Å²) in [5.41, 5.74) is 8.48. The molecule has 0 bridgehead atoms. The second-order valence-corrected chi connectivity index (χ2v) is 5.56. The van der Waals surface area contributed by atoms with Crippen LogP contribution in [0.15, 0.2) is 36.4 Å². The quantitative estimate of drug-likeness (QED) is 0.852. The molecule has 2 aromatic rings. The Labute approximate surface area is 115 Å². The number of nitrogens with one attached hydrogen (secondary N) is 1. The predicted molar refractivity (Wildman–Crippen MR) is 81.7 cm³/mol. The molecule has 0 heterocycles. The van der Waals surface area contributed by atoms with Crippen LogP contribution in [0.4, 0.5) is 5.69 Å². The first-order valence-electron chi connectivity index (χ1n) is 7.15. The molecule has 98 valence electrons. The zero-order valence-corrected chi connectivity index (χ0v) is 11.8. The van der Waals surface area contributed by atoms with E-state index in [0.717, 1.165) is 6.54 Å². The van der Waals surface area contributed by atoms with E-state index in [-0.39, 0.29) is 0 Å². The minimum absolute atomic E-state index is 0.914. The summed E-state index contributed by atoms with van der Waals surface area (Å²) < 4.78 is 0. The highest BCUT2D eigenvalue weighted by Crippen LogP contribution is 2.25. The van der Waals surface area contributed by atoms with E-state index in [1.807, 2.05) is 0 Å². The van der Waals surface area contributed by atoms with Crippen LogP contribution >= 0.6 is 0 Å². The van der Waals surface area contributed by atoms with Crippen molar-refractivity contribution in [1.29, 1.82) is 0 Å². The van der Waals surface area contributed by atoms with Crippen molar-refractivity contribution < 1.29 is 0 Å². The fraction of sp³-hybridized carbons (Fsp3) is 0.333. The van der Waals surface area contributed by atoms with Gasteiger partial charge in [-0.1, -0.05) is 24.3 Å². The van der Waals surface area contributed by atoms with Crippen molar-refractivity contribution in [2.24, 2.45) is 0 Å². The van der Waals surface area contributed by atoms with E-state index < -0.39 is 0 Å². The van der Waals surface area contributed by atoms with Crippen molar-refractivity contribution in [2.45, 2.75) is 39.7 Å². The molecule has 0 spiro atoms. The summed E-state index contributed by atoms with van der Waals surface area (Å²) in [4.78, 5) is 0. The van der Waals surface area contributed by atoms with Crippen molar-refractivity contribution in [3.05, 3.63) is 64.2 Å². The van der Waals surface area contributed by atoms with Crippen LogP contribution in [-0.4, -0.2) is 0 Å². The Bertz CT molecular complexity index is 578. The number of rotatable bonds is 3. The molecule has 1 heteroatoms. The Balaban J connectivity index is 1.76. The standard InChI is InChI=1S/C18H21N/c1-13-5-3-6-14(2)18(13)12-19-17-10-9-15-7-4-8-16(15)11-17/h3,5-6,9-11,19H,4,7-8,12H2,1-2H3. The Hall–Kier alpha value is -1.76. The molecule has 0 aliphatic heterocycles. The largest absolute Gasteiger partial charge is 0.381 e. The molecule has 1 aliphatic carbocycles. The molecule has 2 aromatic carbocycles. The lowest BCUT2D eigenvalue weighted by molar-refractivity contribution is 0.912. The van der Waals surface area contributed by atoms with Gasteiger partial charge in [0.1, 0.15) is 0 Å². The van der Waals surface area contributed by atoms with Gasteiger partial charge in [-0.2, -0.15) is 0 Å². The molecule has 1 aliphatic rings. The van der Waals surface area contributed by atoms with Crippen molar-refractivity contribution in [3.8, 4) is 0 Å². The van der Waals surface area contributed by atoms with Crippen molar-refractivity contribution >= 4 is 5.69 Å². The summed E-state index contributed by atoms with van der Waals surface area (Å²) >= 11 is 0. The molecule has 0 amide bonds. The minimum atomic E-state index is 0.914. The molecule has 0 aromatic heterocycles. The third kappa shape index (κ3) is 2.51. The fourth-order valence-electron chi connectivity index (χ4n) is 3.00. The molecular weight excluding hydrogens is 230 g/mol. The lowest BCUT2D eigenvalue weighted by Crippen LogP contribution is -2.03. The summed E-state index contributed by atoms with van der Waals surface area (Å²) in [7, 11) is 0. The number of benzene rings is 2. The van der Waals surface area contributed by atoms with Gasteiger partial charge in [-0.15, -0.1) is 0 Å². The SMILES string of the molecule is Cc1cccc(C)c1CNc1ccc2c(c1)CCC2. The Morgan fingerprint density at radius 2 is 1.68 bits per heavy atom. The summed E-state index contributed by atoms with van der Waals surface area (Å²) in [5, 5.41) is 3.57. The number of anilines is 1. The number of hydrogen-bond donors (Lipinski definition) is 1. The van der Waals surface area contributed by atoms with Gasteiger partial charge in [-0.25, -0.2) is 0 Å². The topological polar surface area (TPSA) is 12.0 Å².